The van der Waals surface area contributed by atoms with Crippen molar-refractivity contribution in [2.24, 2.45) is 5.73 Å². The molecule has 2 fully saturated rings. The van der Waals surface area contributed by atoms with Gasteiger partial charge in [-0.25, -0.2) is 0 Å². The van der Waals surface area contributed by atoms with E-state index in [9.17, 15) is 14.4 Å². The zero-order chi connectivity index (χ0) is 28.5. The maximum absolute atomic E-state index is 13.7. The van der Waals surface area contributed by atoms with Gasteiger partial charge in [0.15, 0.2) is 0 Å². The van der Waals surface area contributed by atoms with Crippen LogP contribution >= 0.6 is 23.2 Å². The summed E-state index contributed by atoms with van der Waals surface area (Å²) in [6.45, 7) is 3.30. The highest BCUT2D eigenvalue weighted by molar-refractivity contribution is 6.35. The molecule has 40 heavy (non-hydrogen) atoms. The van der Waals surface area contributed by atoms with Gasteiger partial charge in [0.2, 0.25) is 11.8 Å². The Balaban J connectivity index is 1.42. The molecule has 2 aromatic carbocycles. The first-order valence-corrected chi connectivity index (χ1v) is 14.9. The number of amides is 3. The number of carbonyl (C=O) groups excluding carboxylic acids is 3. The lowest BCUT2D eigenvalue weighted by molar-refractivity contribution is -0.139. The highest BCUT2D eigenvalue weighted by Crippen LogP contribution is 2.34. The number of nitrogens with two attached hydrogens (primary N) is 1. The smallest absolute Gasteiger partial charge is 0.251 e. The van der Waals surface area contributed by atoms with E-state index in [1.54, 1.807) is 18.2 Å². The third-order valence-electron chi connectivity index (χ3n) is 8.10. The van der Waals surface area contributed by atoms with Crippen molar-refractivity contribution in [3.05, 3.63) is 69.7 Å². The fourth-order valence-corrected chi connectivity index (χ4v) is 6.36. The number of halogens is 2. The molecule has 0 spiro atoms. The number of piperazine rings is 1. The van der Waals surface area contributed by atoms with E-state index in [1.807, 2.05) is 35.2 Å². The second kappa shape index (κ2) is 14.3. The van der Waals surface area contributed by atoms with Crippen molar-refractivity contribution < 1.29 is 14.4 Å². The molecule has 1 saturated carbocycles. The third-order valence-corrected chi connectivity index (χ3v) is 8.69. The van der Waals surface area contributed by atoms with E-state index in [0.29, 0.717) is 48.3 Å². The van der Waals surface area contributed by atoms with E-state index in [1.165, 1.54) is 6.42 Å². The molecular formula is C30H39Cl2N5O3. The SMILES string of the molecule is NCCC(=O)N[C@H](Cc1ccc(Cl)cc1Cl)C(=O)N1CCN(C2(CNC(=O)c3ccccc3)CCCCC2)CC1. The lowest BCUT2D eigenvalue weighted by Gasteiger charge is -2.50. The normalized spacial score (nSPS) is 18.1. The summed E-state index contributed by atoms with van der Waals surface area (Å²) in [5, 5.41) is 7.03. The van der Waals surface area contributed by atoms with Gasteiger partial charge in [-0.2, -0.15) is 0 Å². The van der Waals surface area contributed by atoms with Crippen LogP contribution in [0.3, 0.4) is 0 Å². The van der Waals surface area contributed by atoms with Crippen molar-refractivity contribution in [3.8, 4) is 0 Å². The second-order valence-corrected chi connectivity index (χ2v) is 11.6. The van der Waals surface area contributed by atoms with E-state index in [-0.39, 0.29) is 42.6 Å². The van der Waals surface area contributed by atoms with Crippen LogP contribution in [0.1, 0.15) is 54.4 Å². The van der Waals surface area contributed by atoms with Crippen molar-refractivity contribution in [3.63, 3.8) is 0 Å². The zero-order valence-electron chi connectivity index (χ0n) is 22.8. The molecule has 10 heteroatoms. The Kier molecular flexibility index (Phi) is 10.8. The van der Waals surface area contributed by atoms with Crippen LogP contribution in [0.4, 0.5) is 0 Å². The molecule has 4 N–H and O–H groups in total. The van der Waals surface area contributed by atoms with Gasteiger partial charge in [0.05, 0.1) is 0 Å². The van der Waals surface area contributed by atoms with Gasteiger partial charge in [0.1, 0.15) is 6.04 Å². The molecule has 0 bridgehead atoms. The number of nitrogens with one attached hydrogen (secondary N) is 2. The van der Waals surface area contributed by atoms with Crippen molar-refractivity contribution in [1.29, 1.82) is 0 Å². The average Bonchev–Trinajstić information content (AvgIpc) is 2.97. The van der Waals surface area contributed by atoms with Crippen LogP contribution in [0.25, 0.3) is 0 Å². The monoisotopic (exact) mass is 587 g/mol. The largest absolute Gasteiger partial charge is 0.350 e. The van der Waals surface area contributed by atoms with E-state index < -0.39 is 6.04 Å². The van der Waals surface area contributed by atoms with Crippen LogP contribution in [0.2, 0.25) is 10.0 Å². The minimum atomic E-state index is -0.752. The quantitative estimate of drug-likeness (QED) is 0.393. The summed E-state index contributed by atoms with van der Waals surface area (Å²) in [6, 6.07) is 13.7. The average molecular weight is 589 g/mol. The lowest BCUT2D eigenvalue weighted by atomic mass is 9.79. The molecule has 2 aliphatic rings. The Morgan fingerprint density at radius 3 is 2.30 bits per heavy atom. The van der Waals surface area contributed by atoms with Crippen molar-refractivity contribution >= 4 is 40.9 Å². The molecule has 0 unspecified atom stereocenters. The first-order valence-electron chi connectivity index (χ1n) is 14.1. The molecule has 1 heterocycles. The minimum absolute atomic E-state index is 0.0590. The van der Waals surface area contributed by atoms with Gasteiger partial charge in [0, 0.05) is 73.3 Å². The topological polar surface area (TPSA) is 108 Å². The van der Waals surface area contributed by atoms with E-state index >= 15 is 0 Å². The maximum atomic E-state index is 13.7. The molecule has 4 rings (SSSR count). The second-order valence-electron chi connectivity index (χ2n) is 10.7. The Hall–Kier alpha value is -2.65. The molecule has 1 atom stereocenters. The van der Waals surface area contributed by atoms with Crippen LogP contribution in [0.15, 0.2) is 48.5 Å². The summed E-state index contributed by atoms with van der Waals surface area (Å²) < 4.78 is 0. The molecule has 216 valence electrons. The van der Waals surface area contributed by atoms with Crippen LogP contribution in [-0.2, 0) is 16.0 Å². The van der Waals surface area contributed by atoms with Gasteiger partial charge < -0.3 is 21.3 Å². The van der Waals surface area contributed by atoms with Crippen molar-refractivity contribution in [1.82, 2.24) is 20.4 Å². The van der Waals surface area contributed by atoms with Gasteiger partial charge in [-0.15, -0.1) is 0 Å². The van der Waals surface area contributed by atoms with E-state index in [4.69, 9.17) is 28.9 Å². The number of nitrogens with zero attached hydrogens (tertiary/aromatic N) is 2. The highest BCUT2D eigenvalue weighted by atomic mass is 35.5. The van der Waals surface area contributed by atoms with Gasteiger partial charge in [-0.05, 0) is 42.7 Å². The summed E-state index contributed by atoms with van der Waals surface area (Å²) in [5.74, 6) is -0.456. The fourth-order valence-electron chi connectivity index (χ4n) is 5.88. The Morgan fingerprint density at radius 2 is 1.65 bits per heavy atom. The molecule has 2 aromatic rings. The van der Waals surface area contributed by atoms with Crippen LogP contribution in [-0.4, -0.2) is 78.4 Å². The minimum Gasteiger partial charge on any atom is -0.350 e. The number of carbonyl (C=O) groups is 3. The van der Waals surface area contributed by atoms with Crippen LogP contribution < -0.4 is 16.4 Å². The molecule has 0 aromatic heterocycles. The summed E-state index contributed by atoms with van der Waals surface area (Å²) >= 11 is 12.4. The van der Waals surface area contributed by atoms with Gasteiger partial charge in [0.25, 0.3) is 5.91 Å². The summed E-state index contributed by atoms with van der Waals surface area (Å²) in [4.78, 5) is 43.2. The highest BCUT2D eigenvalue weighted by Gasteiger charge is 2.41. The fraction of sp³-hybridized carbons (Fsp3) is 0.500. The zero-order valence-corrected chi connectivity index (χ0v) is 24.4. The standard InChI is InChI=1S/C30H39Cl2N5O3/c31-24-10-9-23(25(32)20-24)19-26(35-27(38)11-14-33)29(40)36-15-17-37(18-16-36)30(12-5-2-6-13-30)21-34-28(39)22-7-3-1-4-8-22/h1,3-4,7-10,20,26H,2,5-6,11-19,21,33H2,(H,34,39)(H,35,38)/t26-/m1/s1. The van der Waals surface area contributed by atoms with Crippen LogP contribution in [0.5, 0.6) is 0 Å². The van der Waals surface area contributed by atoms with E-state index in [0.717, 1.165) is 31.2 Å². The lowest BCUT2D eigenvalue weighted by Crippen LogP contribution is -2.63. The summed E-state index contributed by atoms with van der Waals surface area (Å²) in [5.41, 5.74) is 6.85. The number of rotatable bonds is 10. The van der Waals surface area contributed by atoms with Gasteiger partial charge in [-0.3, -0.25) is 19.3 Å². The summed E-state index contributed by atoms with van der Waals surface area (Å²) in [7, 11) is 0. The predicted molar refractivity (Wildman–Crippen MR) is 159 cm³/mol. The van der Waals surface area contributed by atoms with Gasteiger partial charge in [-0.1, -0.05) is 66.7 Å². The number of hydrogen-bond acceptors (Lipinski definition) is 5. The Labute approximate surface area is 246 Å². The molecule has 1 aliphatic heterocycles. The first kappa shape index (κ1) is 30.3. The molecule has 0 radical (unpaired) electrons. The molecule has 1 aliphatic carbocycles. The Morgan fingerprint density at radius 1 is 0.950 bits per heavy atom. The Bertz CT molecular complexity index is 1170. The molecule has 1 saturated heterocycles. The predicted octanol–water partition coefficient (Wildman–Crippen LogP) is 3.65. The molecule has 8 nitrogen and oxygen atoms in total. The summed E-state index contributed by atoms with van der Waals surface area (Å²) in [6.07, 6.45) is 5.88. The number of benzene rings is 2. The van der Waals surface area contributed by atoms with E-state index in [2.05, 4.69) is 15.5 Å². The third kappa shape index (κ3) is 7.75. The van der Waals surface area contributed by atoms with Crippen molar-refractivity contribution in [2.75, 3.05) is 39.3 Å². The molecular weight excluding hydrogens is 549 g/mol. The molecule has 3 amide bonds. The maximum Gasteiger partial charge on any atom is 0.251 e. The van der Waals surface area contributed by atoms with Crippen molar-refractivity contribution in [2.45, 2.75) is 56.5 Å². The number of hydrogen-bond donors (Lipinski definition) is 3. The van der Waals surface area contributed by atoms with Crippen LogP contribution in [0, 0.1) is 0 Å². The first-order chi connectivity index (χ1) is 19.3. The van der Waals surface area contributed by atoms with Gasteiger partial charge >= 0.3 is 0 Å².